The molecule has 0 aromatic carbocycles. The molecule has 0 fully saturated rings. The van der Waals surface area contributed by atoms with E-state index in [1.54, 1.807) is 12.3 Å². The second-order valence-electron chi connectivity index (χ2n) is 2.94. The van der Waals surface area contributed by atoms with E-state index in [1.165, 1.54) is 6.92 Å². The van der Waals surface area contributed by atoms with Gasteiger partial charge < -0.3 is 15.6 Å². The number of nitrogens with zero attached hydrogens (tertiary/aromatic N) is 1. The van der Waals surface area contributed by atoms with E-state index in [-0.39, 0.29) is 6.04 Å². The van der Waals surface area contributed by atoms with Crippen molar-refractivity contribution in [3.05, 3.63) is 23.9 Å². The summed E-state index contributed by atoms with van der Waals surface area (Å²) in [5.41, 5.74) is 6.58. The number of hydrogen-bond donors (Lipinski definition) is 2. The Morgan fingerprint density at radius 2 is 2.15 bits per heavy atom. The van der Waals surface area contributed by atoms with E-state index >= 15 is 0 Å². The summed E-state index contributed by atoms with van der Waals surface area (Å²) in [6, 6.07) is 3.48. The van der Waals surface area contributed by atoms with Crippen molar-refractivity contribution in [2.24, 2.45) is 5.73 Å². The van der Waals surface area contributed by atoms with Gasteiger partial charge in [0.25, 0.3) is 0 Å². The fraction of sp³-hybridized carbons (Fsp3) is 0.444. The predicted molar refractivity (Wildman–Crippen MR) is 49.1 cm³/mol. The van der Waals surface area contributed by atoms with Gasteiger partial charge in [0.05, 0.1) is 0 Å². The molecule has 1 rings (SSSR count). The third-order valence-corrected chi connectivity index (χ3v) is 1.58. The Balaban J connectivity index is 2.70. The Kier molecular flexibility index (Phi) is 3.22. The highest BCUT2D eigenvalue weighted by Crippen LogP contribution is 2.12. The maximum absolute atomic E-state index is 8.90. The van der Waals surface area contributed by atoms with E-state index in [9.17, 15) is 0 Å². The fourth-order valence-corrected chi connectivity index (χ4v) is 0.906. The Bertz CT molecular complexity index is 257. The highest BCUT2D eigenvalue weighted by Gasteiger charge is 2.02. The summed E-state index contributed by atoms with van der Waals surface area (Å²) in [7, 11) is 0. The first-order chi connectivity index (χ1) is 6.09. The van der Waals surface area contributed by atoms with E-state index in [1.807, 2.05) is 13.0 Å². The Labute approximate surface area is 77.4 Å². The number of nitrogens with two attached hydrogens (primary N) is 1. The molecule has 3 N–H and O–H groups in total. The quantitative estimate of drug-likeness (QED) is 0.679. The van der Waals surface area contributed by atoms with E-state index in [4.69, 9.17) is 15.6 Å². The molecular weight excluding hydrogens is 168 g/mol. The average molecular weight is 182 g/mol. The van der Waals surface area contributed by atoms with Crippen LogP contribution in [0.5, 0.6) is 5.88 Å². The van der Waals surface area contributed by atoms with Crippen LogP contribution in [0.15, 0.2) is 18.3 Å². The Morgan fingerprint density at radius 1 is 1.46 bits per heavy atom. The molecule has 1 aromatic rings. The molecule has 13 heavy (non-hydrogen) atoms. The van der Waals surface area contributed by atoms with Crippen LogP contribution in [-0.4, -0.2) is 16.4 Å². The molecule has 0 aliphatic heterocycles. The van der Waals surface area contributed by atoms with E-state index in [2.05, 4.69) is 4.98 Å². The van der Waals surface area contributed by atoms with Crippen LogP contribution < -0.4 is 10.5 Å². The molecule has 2 atom stereocenters. The molecule has 1 aromatic heterocycles. The van der Waals surface area contributed by atoms with Crippen molar-refractivity contribution < 1.29 is 9.84 Å². The average Bonchev–Trinajstić information content (AvgIpc) is 2.04. The number of ether oxygens (including phenoxy) is 1. The molecule has 4 heteroatoms. The van der Waals surface area contributed by atoms with Crippen LogP contribution in [0.3, 0.4) is 0 Å². The minimum atomic E-state index is -0.839. The lowest BCUT2D eigenvalue weighted by atomic mass is 10.2. The van der Waals surface area contributed by atoms with Crippen LogP contribution in [0.25, 0.3) is 0 Å². The Hall–Kier alpha value is -1.13. The maximum Gasteiger partial charge on any atom is 0.215 e. The normalized spacial score (nSPS) is 15.1. The predicted octanol–water partition coefficient (Wildman–Crippen LogP) is 0.818. The molecular formula is C9H14N2O2. The van der Waals surface area contributed by atoms with Gasteiger partial charge >= 0.3 is 0 Å². The van der Waals surface area contributed by atoms with Gasteiger partial charge in [-0.2, -0.15) is 0 Å². The summed E-state index contributed by atoms with van der Waals surface area (Å²) >= 11 is 0. The van der Waals surface area contributed by atoms with Gasteiger partial charge in [0, 0.05) is 18.3 Å². The van der Waals surface area contributed by atoms with E-state index in [0.717, 1.165) is 5.56 Å². The molecule has 0 saturated carbocycles. The molecule has 0 saturated heterocycles. The summed E-state index contributed by atoms with van der Waals surface area (Å²) in [5, 5.41) is 8.90. The second-order valence-corrected chi connectivity index (χ2v) is 2.94. The molecule has 1 unspecified atom stereocenters. The standard InChI is InChI=1S/C9H14N2O2/c1-6(10)8-3-4-9(11-5-8)13-7(2)12/h3-7,12H,10H2,1-2H3/t6-,7?/m0/s1. The van der Waals surface area contributed by atoms with Crippen LogP contribution in [0.2, 0.25) is 0 Å². The highest BCUT2D eigenvalue weighted by atomic mass is 16.6. The van der Waals surface area contributed by atoms with Crippen LogP contribution in [-0.2, 0) is 0 Å². The van der Waals surface area contributed by atoms with Gasteiger partial charge in [-0.25, -0.2) is 4.98 Å². The number of rotatable bonds is 3. The smallest absolute Gasteiger partial charge is 0.215 e. The van der Waals surface area contributed by atoms with Crippen LogP contribution in [0, 0.1) is 0 Å². The van der Waals surface area contributed by atoms with Gasteiger partial charge in [-0.3, -0.25) is 0 Å². The van der Waals surface area contributed by atoms with Gasteiger partial charge in [0.15, 0.2) is 6.29 Å². The molecule has 0 spiro atoms. The van der Waals surface area contributed by atoms with Gasteiger partial charge in [-0.15, -0.1) is 0 Å². The van der Waals surface area contributed by atoms with Crippen LogP contribution in [0.1, 0.15) is 25.5 Å². The van der Waals surface area contributed by atoms with Crippen molar-refractivity contribution in [1.82, 2.24) is 4.98 Å². The molecule has 0 aliphatic rings. The lowest BCUT2D eigenvalue weighted by molar-refractivity contribution is -0.00371. The number of aliphatic hydroxyl groups excluding tert-OH is 1. The minimum Gasteiger partial charge on any atom is -0.448 e. The topological polar surface area (TPSA) is 68.4 Å². The molecule has 0 bridgehead atoms. The van der Waals surface area contributed by atoms with E-state index in [0.29, 0.717) is 5.88 Å². The van der Waals surface area contributed by atoms with Crippen molar-refractivity contribution in [2.75, 3.05) is 0 Å². The number of hydrogen-bond acceptors (Lipinski definition) is 4. The summed E-state index contributed by atoms with van der Waals surface area (Å²) in [6.07, 6.45) is 0.802. The molecule has 0 radical (unpaired) electrons. The second kappa shape index (κ2) is 4.20. The third-order valence-electron chi connectivity index (χ3n) is 1.58. The lowest BCUT2D eigenvalue weighted by Crippen LogP contribution is -2.11. The van der Waals surface area contributed by atoms with Crippen molar-refractivity contribution >= 4 is 0 Å². The SMILES string of the molecule is CC(O)Oc1ccc([C@H](C)N)cn1. The first kappa shape index (κ1) is 9.95. The fourth-order valence-electron chi connectivity index (χ4n) is 0.906. The molecule has 72 valence electrons. The zero-order valence-electron chi connectivity index (χ0n) is 7.77. The zero-order valence-corrected chi connectivity index (χ0v) is 7.77. The van der Waals surface area contributed by atoms with Crippen molar-refractivity contribution in [1.29, 1.82) is 0 Å². The molecule has 1 heterocycles. The van der Waals surface area contributed by atoms with Crippen LogP contribution in [0.4, 0.5) is 0 Å². The maximum atomic E-state index is 8.90. The Morgan fingerprint density at radius 3 is 2.54 bits per heavy atom. The minimum absolute atomic E-state index is 0.0342. The zero-order chi connectivity index (χ0) is 9.84. The van der Waals surface area contributed by atoms with Crippen LogP contribution >= 0.6 is 0 Å². The highest BCUT2D eigenvalue weighted by molar-refractivity contribution is 5.19. The number of aromatic nitrogens is 1. The summed E-state index contributed by atoms with van der Waals surface area (Å²) in [4.78, 5) is 3.98. The monoisotopic (exact) mass is 182 g/mol. The molecule has 0 aliphatic carbocycles. The van der Waals surface area contributed by atoms with Crippen molar-refractivity contribution in [2.45, 2.75) is 26.2 Å². The summed E-state index contributed by atoms with van der Waals surface area (Å²) in [6.45, 7) is 3.41. The van der Waals surface area contributed by atoms with E-state index < -0.39 is 6.29 Å². The van der Waals surface area contributed by atoms with Gasteiger partial charge in [0.2, 0.25) is 5.88 Å². The van der Waals surface area contributed by atoms with Gasteiger partial charge in [0.1, 0.15) is 0 Å². The van der Waals surface area contributed by atoms with Gasteiger partial charge in [-0.05, 0) is 19.4 Å². The van der Waals surface area contributed by atoms with Crippen molar-refractivity contribution in [3.63, 3.8) is 0 Å². The number of pyridine rings is 1. The summed E-state index contributed by atoms with van der Waals surface area (Å²) in [5.74, 6) is 0.402. The first-order valence-electron chi connectivity index (χ1n) is 4.16. The molecule has 0 amide bonds. The third kappa shape index (κ3) is 3.01. The molecule has 4 nitrogen and oxygen atoms in total. The number of aliphatic hydroxyl groups is 1. The first-order valence-corrected chi connectivity index (χ1v) is 4.16. The van der Waals surface area contributed by atoms with Gasteiger partial charge in [-0.1, -0.05) is 6.07 Å². The lowest BCUT2D eigenvalue weighted by Gasteiger charge is -2.09. The van der Waals surface area contributed by atoms with Crippen molar-refractivity contribution in [3.8, 4) is 5.88 Å². The largest absolute Gasteiger partial charge is 0.448 e. The summed E-state index contributed by atoms with van der Waals surface area (Å²) < 4.78 is 4.95.